The first kappa shape index (κ1) is 15.5. The summed E-state index contributed by atoms with van der Waals surface area (Å²) in [6, 6.07) is 3.65. The van der Waals surface area contributed by atoms with Crippen LogP contribution in [0.4, 0.5) is 0 Å². The fourth-order valence-electron chi connectivity index (χ4n) is 2.28. The lowest BCUT2D eigenvalue weighted by Gasteiger charge is -2.26. The van der Waals surface area contributed by atoms with Crippen LogP contribution in [0.2, 0.25) is 0 Å². The zero-order valence-electron chi connectivity index (χ0n) is 12.7. The average Bonchev–Trinajstić information content (AvgIpc) is 2.23. The van der Waals surface area contributed by atoms with Gasteiger partial charge in [-0.2, -0.15) is 0 Å². The van der Waals surface area contributed by atoms with Crippen molar-refractivity contribution >= 4 is 5.97 Å². The van der Waals surface area contributed by atoms with E-state index < -0.39 is 5.41 Å². The van der Waals surface area contributed by atoms with E-state index in [0.29, 0.717) is 18.1 Å². The van der Waals surface area contributed by atoms with E-state index in [0.717, 1.165) is 11.1 Å². The normalized spacial score (nSPS) is 11.7. The van der Waals surface area contributed by atoms with Gasteiger partial charge in [0.05, 0.1) is 12.0 Å². The van der Waals surface area contributed by atoms with E-state index in [2.05, 4.69) is 0 Å². The predicted octanol–water partition coefficient (Wildman–Crippen LogP) is 3.49. The summed E-state index contributed by atoms with van der Waals surface area (Å²) in [6.07, 6.45) is 0. The van der Waals surface area contributed by atoms with Crippen LogP contribution in [-0.2, 0) is 14.9 Å². The van der Waals surface area contributed by atoms with Gasteiger partial charge in [0.15, 0.2) is 0 Å². The Morgan fingerprint density at radius 3 is 2.37 bits per heavy atom. The Morgan fingerprint density at radius 2 is 1.89 bits per heavy atom. The van der Waals surface area contributed by atoms with Gasteiger partial charge < -0.3 is 9.84 Å². The van der Waals surface area contributed by atoms with Gasteiger partial charge in [-0.3, -0.25) is 4.79 Å². The molecule has 1 aromatic carbocycles. The highest BCUT2D eigenvalue weighted by Crippen LogP contribution is 2.35. The van der Waals surface area contributed by atoms with Crippen molar-refractivity contribution in [2.24, 2.45) is 5.92 Å². The first-order valence-electron chi connectivity index (χ1n) is 6.64. The molecule has 0 aliphatic carbocycles. The van der Waals surface area contributed by atoms with Crippen molar-refractivity contribution in [1.29, 1.82) is 0 Å². The molecule has 0 saturated carbocycles. The fourth-order valence-corrected chi connectivity index (χ4v) is 2.28. The van der Waals surface area contributed by atoms with Gasteiger partial charge in [-0.25, -0.2) is 0 Å². The number of carbonyl (C=O) groups is 1. The molecule has 3 heteroatoms. The molecule has 0 unspecified atom stereocenters. The van der Waals surface area contributed by atoms with Crippen LogP contribution < -0.4 is 0 Å². The number of aromatic hydroxyl groups is 1. The molecular formula is C16H24O3. The summed E-state index contributed by atoms with van der Waals surface area (Å²) in [5, 5.41) is 10.1. The van der Waals surface area contributed by atoms with E-state index in [4.69, 9.17) is 4.74 Å². The third-order valence-electron chi connectivity index (χ3n) is 3.14. The molecule has 19 heavy (non-hydrogen) atoms. The molecule has 106 valence electrons. The highest BCUT2D eigenvalue weighted by molar-refractivity contribution is 5.84. The number of hydrogen-bond donors (Lipinski definition) is 1. The van der Waals surface area contributed by atoms with E-state index in [1.54, 1.807) is 19.9 Å². The minimum atomic E-state index is -0.850. The van der Waals surface area contributed by atoms with E-state index >= 15 is 0 Å². The summed E-state index contributed by atoms with van der Waals surface area (Å²) < 4.78 is 5.31. The van der Waals surface area contributed by atoms with Crippen LogP contribution in [0.1, 0.15) is 44.4 Å². The number of hydrogen-bond acceptors (Lipinski definition) is 3. The van der Waals surface area contributed by atoms with Gasteiger partial charge in [0.2, 0.25) is 0 Å². The molecule has 0 aromatic heterocycles. The predicted molar refractivity (Wildman–Crippen MR) is 76.4 cm³/mol. The SMILES string of the molecule is Cc1cc(C)c(C(C)(C)C(=O)OCC(C)C)c(O)c1. The van der Waals surface area contributed by atoms with Crippen molar-refractivity contribution in [1.82, 2.24) is 0 Å². The van der Waals surface area contributed by atoms with Crippen LogP contribution in [0.25, 0.3) is 0 Å². The second-order valence-electron chi connectivity index (χ2n) is 6.09. The molecular weight excluding hydrogens is 240 g/mol. The van der Waals surface area contributed by atoms with Crippen molar-refractivity contribution < 1.29 is 14.6 Å². The fraction of sp³-hybridized carbons (Fsp3) is 0.562. The molecule has 0 amide bonds. The third kappa shape index (κ3) is 3.49. The summed E-state index contributed by atoms with van der Waals surface area (Å²) in [7, 11) is 0. The Labute approximate surface area is 115 Å². The Hall–Kier alpha value is -1.51. The van der Waals surface area contributed by atoms with Crippen LogP contribution in [-0.4, -0.2) is 17.7 Å². The number of aryl methyl sites for hydroxylation is 2. The van der Waals surface area contributed by atoms with Gasteiger partial charge in [0, 0.05) is 5.56 Å². The number of carbonyl (C=O) groups excluding carboxylic acids is 1. The topological polar surface area (TPSA) is 46.5 Å². The number of rotatable bonds is 4. The highest BCUT2D eigenvalue weighted by Gasteiger charge is 2.35. The summed E-state index contributed by atoms with van der Waals surface area (Å²) in [6.45, 7) is 11.8. The van der Waals surface area contributed by atoms with Gasteiger partial charge in [0.25, 0.3) is 0 Å². The first-order valence-corrected chi connectivity index (χ1v) is 6.64. The third-order valence-corrected chi connectivity index (χ3v) is 3.14. The molecule has 0 saturated heterocycles. The lowest BCUT2D eigenvalue weighted by Crippen LogP contribution is -2.33. The van der Waals surface area contributed by atoms with E-state index in [-0.39, 0.29) is 11.7 Å². The Balaban J connectivity index is 3.09. The molecule has 0 aliphatic heterocycles. The van der Waals surface area contributed by atoms with Crippen LogP contribution >= 0.6 is 0 Å². The Kier molecular flexibility index (Phi) is 4.61. The quantitative estimate of drug-likeness (QED) is 0.847. The number of benzene rings is 1. The monoisotopic (exact) mass is 264 g/mol. The van der Waals surface area contributed by atoms with Crippen LogP contribution in [0, 0.1) is 19.8 Å². The van der Waals surface area contributed by atoms with Gasteiger partial charge in [0.1, 0.15) is 5.75 Å². The second kappa shape index (κ2) is 5.64. The van der Waals surface area contributed by atoms with Crippen LogP contribution in [0.5, 0.6) is 5.75 Å². The maximum Gasteiger partial charge on any atom is 0.316 e. The summed E-state index contributed by atoms with van der Waals surface area (Å²) in [5.41, 5.74) is 1.68. The zero-order chi connectivity index (χ0) is 14.8. The number of phenolic OH excluding ortho intramolecular Hbond substituents is 1. The van der Waals surface area contributed by atoms with Crippen molar-refractivity contribution in [3.63, 3.8) is 0 Å². The van der Waals surface area contributed by atoms with Gasteiger partial charge in [-0.05, 0) is 50.8 Å². The van der Waals surface area contributed by atoms with Gasteiger partial charge >= 0.3 is 5.97 Å². The molecule has 1 aromatic rings. The summed E-state index contributed by atoms with van der Waals surface area (Å²) >= 11 is 0. The largest absolute Gasteiger partial charge is 0.508 e. The van der Waals surface area contributed by atoms with E-state index in [1.807, 2.05) is 33.8 Å². The van der Waals surface area contributed by atoms with Crippen molar-refractivity contribution in [3.8, 4) is 5.75 Å². The molecule has 1 rings (SSSR count). The molecule has 0 atom stereocenters. The summed E-state index contributed by atoms with van der Waals surface area (Å²) in [5.74, 6) is 0.153. The average molecular weight is 264 g/mol. The number of phenols is 1. The maximum absolute atomic E-state index is 12.2. The smallest absolute Gasteiger partial charge is 0.316 e. The number of esters is 1. The molecule has 1 N–H and O–H groups in total. The van der Waals surface area contributed by atoms with Crippen molar-refractivity contribution in [2.75, 3.05) is 6.61 Å². The summed E-state index contributed by atoms with van der Waals surface area (Å²) in [4.78, 5) is 12.2. The molecule has 0 aliphatic rings. The Bertz CT molecular complexity index is 450. The maximum atomic E-state index is 12.2. The lowest BCUT2D eigenvalue weighted by atomic mass is 9.81. The van der Waals surface area contributed by atoms with Crippen molar-refractivity contribution in [2.45, 2.75) is 47.0 Å². The Morgan fingerprint density at radius 1 is 1.32 bits per heavy atom. The minimum absolute atomic E-state index is 0.156. The van der Waals surface area contributed by atoms with Crippen LogP contribution in [0.3, 0.4) is 0 Å². The van der Waals surface area contributed by atoms with Gasteiger partial charge in [-0.1, -0.05) is 19.9 Å². The van der Waals surface area contributed by atoms with Gasteiger partial charge in [-0.15, -0.1) is 0 Å². The molecule has 3 nitrogen and oxygen atoms in total. The molecule has 0 bridgehead atoms. The van der Waals surface area contributed by atoms with E-state index in [1.165, 1.54) is 0 Å². The molecule has 0 radical (unpaired) electrons. The first-order chi connectivity index (χ1) is 8.66. The molecule has 0 fully saturated rings. The number of ether oxygens (including phenoxy) is 1. The second-order valence-corrected chi connectivity index (χ2v) is 6.09. The zero-order valence-corrected chi connectivity index (χ0v) is 12.7. The molecule has 0 heterocycles. The highest BCUT2D eigenvalue weighted by atomic mass is 16.5. The van der Waals surface area contributed by atoms with E-state index in [9.17, 15) is 9.90 Å². The minimum Gasteiger partial charge on any atom is -0.508 e. The van der Waals surface area contributed by atoms with Crippen LogP contribution in [0.15, 0.2) is 12.1 Å². The van der Waals surface area contributed by atoms with Crippen molar-refractivity contribution in [3.05, 3.63) is 28.8 Å². The standard InChI is InChI=1S/C16H24O3/c1-10(2)9-19-15(18)16(5,6)14-12(4)7-11(3)8-13(14)17/h7-8,10,17H,9H2,1-6H3. The lowest BCUT2D eigenvalue weighted by molar-refractivity contribution is -0.150. The molecule has 0 spiro atoms.